The highest BCUT2D eigenvalue weighted by Gasteiger charge is 2.31. The van der Waals surface area contributed by atoms with Gasteiger partial charge in [-0.2, -0.15) is 0 Å². The van der Waals surface area contributed by atoms with Gasteiger partial charge in [0, 0.05) is 25.7 Å². The van der Waals surface area contributed by atoms with E-state index >= 15 is 0 Å². The van der Waals surface area contributed by atoms with Gasteiger partial charge in [-0.3, -0.25) is 0 Å². The lowest BCUT2D eigenvalue weighted by molar-refractivity contribution is 0.0181. The van der Waals surface area contributed by atoms with Crippen molar-refractivity contribution in [2.24, 2.45) is 5.92 Å². The summed E-state index contributed by atoms with van der Waals surface area (Å²) in [5.41, 5.74) is 0.138. The molecule has 1 fully saturated rings. The molecule has 2 rings (SSSR count). The van der Waals surface area contributed by atoms with E-state index in [9.17, 15) is 13.2 Å². The molecule has 0 aliphatic carbocycles. The first kappa shape index (κ1) is 17.3. The van der Waals surface area contributed by atoms with Crippen molar-refractivity contribution < 1.29 is 27.2 Å². The summed E-state index contributed by atoms with van der Waals surface area (Å²) in [7, 11) is -0.874. The first-order valence-corrected chi connectivity index (χ1v) is 7.57. The maximum atomic E-state index is 13.2. The van der Waals surface area contributed by atoms with Gasteiger partial charge in [0.25, 0.3) is 0 Å². The number of halogens is 3. The second kappa shape index (κ2) is 8.55. The molecular weight excluding hydrogens is 296 g/mol. The minimum Gasteiger partial charge on any atom is -0.407 e. The number of rotatable bonds is 7. The molecule has 1 aliphatic heterocycles. The van der Waals surface area contributed by atoms with Crippen LogP contribution in [0, 0.1) is 23.4 Å². The van der Waals surface area contributed by atoms with Crippen LogP contribution in [0.5, 0.6) is 0 Å². The molecular formula is C15H20BF3O3. The van der Waals surface area contributed by atoms with E-state index in [4.69, 9.17) is 14.0 Å². The van der Waals surface area contributed by atoms with Crippen LogP contribution in [-0.2, 0) is 14.0 Å². The third-order valence-corrected chi connectivity index (χ3v) is 3.49. The monoisotopic (exact) mass is 316 g/mol. The standard InChI is InChI=1S/C15H20BF3O3/c1-2-3-4-5-20-8-11-9-21-16(22-10-11)12-6-13(17)15(19)14(18)7-12/h6-7,11H,2-5,8-10H2,1H3. The molecule has 22 heavy (non-hydrogen) atoms. The predicted molar refractivity (Wildman–Crippen MR) is 77.4 cm³/mol. The molecule has 0 radical (unpaired) electrons. The van der Waals surface area contributed by atoms with Crippen LogP contribution in [0.25, 0.3) is 0 Å². The Morgan fingerprint density at radius 3 is 2.36 bits per heavy atom. The Morgan fingerprint density at radius 1 is 1.14 bits per heavy atom. The highest BCUT2D eigenvalue weighted by atomic mass is 19.2. The van der Waals surface area contributed by atoms with E-state index in [0.29, 0.717) is 26.4 Å². The molecule has 0 N–H and O–H groups in total. The van der Waals surface area contributed by atoms with Gasteiger partial charge in [-0.05, 0) is 24.0 Å². The summed E-state index contributed by atoms with van der Waals surface area (Å²) in [5, 5.41) is 0. The third kappa shape index (κ3) is 4.73. The minimum absolute atomic E-state index is 0.0908. The maximum Gasteiger partial charge on any atom is 0.494 e. The van der Waals surface area contributed by atoms with Gasteiger partial charge in [-0.25, -0.2) is 13.2 Å². The quantitative estimate of drug-likeness (QED) is 0.440. The number of unbranched alkanes of at least 4 members (excludes halogenated alkanes) is 2. The van der Waals surface area contributed by atoms with Crippen molar-refractivity contribution in [1.29, 1.82) is 0 Å². The Hall–Kier alpha value is -1.05. The zero-order valence-corrected chi connectivity index (χ0v) is 12.6. The Bertz CT molecular complexity index is 456. The van der Waals surface area contributed by atoms with E-state index in [2.05, 4.69) is 6.92 Å². The van der Waals surface area contributed by atoms with Gasteiger partial charge < -0.3 is 14.0 Å². The van der Waals surface area contributed by atoms with Crippen molar-refractivity contribution in [2.75, 3.05) is 26.4 Å². The van der Waals surface area contributed by atoms with Crippen molar-refractivity contribution in [3.05, 3.63) is 29.6 Å². The topological polar surface area (TPSA) is 27.7 Å². The molecule has 1 aromatic carbocycles. The number of benzene rings is 1. The molecule has 122 valence electrons. The number of ether oxygens (including phenoxy) is 1. The molecule has 0 amide bonds. The molecule has 0 unspecified atom stereocenters. The Balaban J connectivity index is 1.77. The molecule has 1 aliphatic rings. The fraction of sp³-hybridized carbons (Fsp3) is 0.600. The first-order valence-electron chi connectivity index (χ1n) is 7.57. The van der Waals surface area contributed by atoms with E-state index in [-0.39, 0.29) is 11.4 Å². The highest BCUT2D eigenvalue weighted by Crippen LogP contribution is 2.13. The van der Waals surface area contributed by atoms with E-state index < -0.39 is 24.6 Å². The van der Waals surface area contributed by atoms with Gasteiger partial charge in [-0.15, -0.1) is 0 Å². The van der Waals surface area contributed by atoms with Crippen molar-refractivity contribution in [3.8, 4) is 0 Å². The second-order valence-corrected chi connectivity index (χ2v) is 5.45. The molecule has 1 heterocycles. The van der Waals surface area contributed by atoms with E-state index in [1.807, 2.05) is 0 Å². The Labute approximate surface area is 128 Å². The third-order valence-electron chi connectivity index (χ3n) is 3.49. The van der Waals surface area contributed by atoms with Gasteiger partial charge in [0.15, 0.2) is 17.5 Å². The molecule has 0 saturated carbocycles. The Morgan fingerprint density at radius 2 is 1.77 bits per heavy atom. The average Bonchev–Trinajstić information content (AvgIpc) is 2.52. The number of hydrogen-bond donors (Lipinski definition) is 0. The predicted octanol–water partition coefficient (Wildman–Crippen LogP) is 2.67. The lowest BCUT2D eigenvalue weighted by atomic mass is 9.77. The molecule has 0 bridgehead atoms. The van der Waals surface area contributed by atoms with Gasteiger partial charge in [0.05, 0.1) is 6.61 Å². The van der Waals surface area contributed by atoms with Crippen molar-refractivity contribution in [1.82, 2.24) is 0 Å². The summed E-state index contributed by atoms with van der Waals surface area (Å²) in [6.07, 6.45) is 3.31. The zero-order chi connectivity index (χ0) is 15.9. The maximum absolute atomic E-state index is 13.2. The van der Waals surface area contributed by atoms with Crippen LogP contribution >= 0.6 is 0 Å². The molecule has 1 aromatic rings. The first-order chi connectivity index (χ1) is 10.6. The normalized spacial score (nSPS) is 16.3. The zero-order valence-electron chi connectivity index (χ0n) is 12.6. The molecule has 3 nitrogen and oxygen atoms in total. The summed E-state index contributed by atoms with van der Waals surface area (Å²) >= 11 is 0. The molecule has 0 spiro atoms. The van der Waals surface area contributed by atoms with Crippen LogP contribution in [0.1, 0.15) is 26.2 Å². The highest BCUT2D eigenvalue weighted by molar-refractivity contribution is 6.61. The van der Waals surface area contributed by atoms with Gasteiger partial charge in [0.2, 0.25) is 0 Å². The molecule has 7 heteroatoms. The summed E-state index contributed by atoms with van der Waals surface area (Å²) in [6, 6.07) is 1.79. The van der Waals surface area contributed by atoms with Crippen LogP contribution in [0.4, 0.5) is 13.2 Å². The lowest BCUT2D eigenvalue weighted by Gasteiger charge is -2.27. The van der Waals surface area contributed by atoms with Crippen LogP contribution in [0.3, 0.4) is 0 Å². The summed E-state index contributed by atoms with van der Waals surface area (Å²) in [4.78, 5) is 0. The van der Waals surface area contributed by atoms with Crippen molar-refractivity contribution >= 4 is 12.6 Å². The molecule has 0 aromatic heterocycles. The van der Waals surface area contributed by atoms with Crippen LogP contribution in [-0.4, -0.2) is 33.5 Å². The summed E-state index contributed by atoms with van der Waals surface area (Å²) in [6.45, 7) is 4.12. The minimum atomic E-state index is -1.49. The fourth-order valence-electron chi connectivity index (χ4n) is 2.25. The molecule has 1 saturated heterocycles. The molecule has 0 atom stereocenters. The average molecular weight is 316 g/mol. The Kier molecular flexibility index (Phi) is 6.73. The van der Waals surface area contributed by atoms with Crippen LogP contribution < -0.4 is 5.46 Å². The van der Waals surface area contributed by atoms with E-state index in [0.717, 1.165) is 31.4 Å². The van der Waals surface area contributed by atoms with Crippen LogP contribution in [0.2, 0.25) is 0 Å². The lowest BCUT2D eigenvalue weighted by Crippen LogP contribution is -2.45. The SMILES string of the molecule is CCCCCOCC1COB(c2cc(F)c(F)c(F)c2)OC1. The van der Waals surface area contributed by atoms with Gasteiger partial charge >= 0.3 is 7.12 Å². The van der Waals surface area contributed by atoms with E-state index in [1.54, 1.807) is 0 Å². The van der Waals surface area contributed by atoms with Crippen LogP contribution in [0.15, 0.2) is 12.1 Å². The van der Waals surface area contributed by atoms with E-state index in [1.165, 1.54) is 0 Å². The summed E-state index contributed by atoms with van der Waals surface area (Å²) < 4.78 is 55.7. The fourth-order valence-corrected chi connectivity index (χ4v) is 2.25. The smallest absolute Gasteiger partial charge is 0.407 e. The van der Waals surface area contributed by atoms with Crippen molar-refractivity contribution in [2.45, 2.75) is 26.2 Å². The number of hydrogen-bond acceptors (Lipinski definition) is 3. The van der Waals surface area contributed by atoms with Gasteiger partial charge in [0.1, 0.15) is 0 Å². The van der Waals surface area contributed by atoms with Crippen molar-refractivity contribution in [3.63, 3.8) is 0 Å². The largest absolute Gasteiger partial charge is 0.494 e. The van der Waals surface area contributed by atoms with Gasteiger partial charge in [-0.1, -0.05) is 19.8 Å². The second-order valence-electron chi connectivity index (χ2n) is 5.45. The summed E-state index contributed by atoms with van der Waals surface area (Å²) in [5.74, 6) is -3.89.